The van der Waals surface area contributed by atoms with Crippen LogP contribution in [0.1, 0.15) is 26.7 Å². The third kappa shape index (κ3) is 5.74. The van der Waals surface area contributed by atoms with Gasteiger partial charge in [0.1, 0.15) is 13.2 Å². The molecule has 2 aromatic carbocycles. The first-order valence-electron chi connectivity index (χ1n) is 11.4. The molecule has 34 heavy (non-hydrogen) atoms. The molecular formula is C24H30N2O7S. The van der Waals surface area contributed by atoms with E-state index in [2.05, 4.69) is 5.32 Å². The number of hydrogen-bond donors (Lipinski definition) is 1. The van der Waals surface area contributed by atoms with Gasteiger partial charge in [-0.3, -0.25) is 4.79 Å². The first kappa shape index (κ1) is 24.2. The Hall–Kier alpha value is -2.98. The largest absolute Gasteiger partial charge is 0.490 e. The van der Waals surface area contributed by atoms with Crippen molar-refractivity contribution in [1.82, 2.24) is 4.31 Å². The fraction of sp³-hybridized carbons (Fsp3) is 0.458. The van der Waals surface area contributed by atoms with Gasteiger partial charge in [-0.05, 0) is 36.6 Å². The lowest BCUT2D eigenvalue weighted by atomic mass is 10.1. The summed E-state index contributed by atoms with van der Waals surface area (Å²) in [5.74, 6) is 1.88. The number of hydrogen-bond acceptors (Lipinski definition) is 7. The predicted molar refractivity (Wildman–Crippen MR) is 126 cm³/mol. The van der Waals surface area contributed by atoms with Gasteiger partial charge in [-0.2, -0.15) is 4.31 Å². The van der Waals surface area contributed by atoms with Crippen LogP contribution in [0, 0.1) is 5.92 Å². The van der Waals surface area contributed by atoms with Crippen LogP contribution in [0.15, 0.2) is 41.3 Å². The molecule has 0 aromatic heterocycles. The van der Waals surface area contributed by atoms with Crippen molar-refractivity contribution in [3.8, 4) is 23.0 Å². The van der Waals surface area contributed by atoms with E-state index in [0.29, 0.717) is 61.5 Å². The average Bonchev–Trinajstić information content (AvgIpc) is 3.06. The van der Waals surface area contributed by atoms with E-state index in [1.165, 1.54) is 16.4 Å². The molecule has 0 fully saturated rings. The number of nitrogens with one attached hydrogen (secondary N) is 1. The summed E-state index contributed by atoms with van der Waals surface area (Å²) in [5.41, 5.74) is 0.509. The second-order valence-electron chi connectivity index (χ2n) is 8.59. The molecule has 2 aliphatic heterocycles. The van der Waals surface area contributed by atoms with Gasteiger partial charge in [-0.15, -0.1) is 0 Å². The molecule has 4 rings (SSSR count). The van der Waals surface area contributed by atoms with Gasteiger partial charge in [0.15, 0.2) is 23.0 Å². The maximum absolute atomic E-state index is 13.5. The van der Waals surface area contributed by atoms with Crippen LogP contribution < -0.4 is 24.3 Å². The third-order valence-electron chi connectivity index (χ3n) is 5.46. The van der Waals surface area contributed by atoms with Crippen molar-refractivity contribution in [2.24, 2.45) is 5.92 Å². The van der Waals surface area contributed by atoms with Crippen molar-refractivity contribution in [3.63, 3.8) is 0 Å². The van der Waals surface area contributed by atoms with E-state index >= 15 is 0 Å². The highest BCUT2D eigenvalue weighted by Gasteiger charge is 2.28. The van der Waals surface area contributed by atoms with Crippen molar-refractivity contribution in [1.29, 1.82) is 0 Å². The number of anilines is 1. The van der Waals surface area contributed by atoms with Gasteiger partial charge in [0.25, 0.3) is 0 Å². The molecule has 9 nitrogen and oxygen atoms in total. The molecule has 184 valence electrons. The van der Waals surface area contributed by atoms with Crippen LogP contribution in [0.4, 0.5) is 5.69 Å². The maximum atomic E-state index is 13.5. The lowest BCUT2D eigenvalue weighted by Crippen LogP contribution is -2.39. The molecule has 1 N–H and O–H groups in total. The van der Waals surface area contributed by atoms with E-state index in [1.54, 1.807) is 24.3 Å². The molecule has 2 heterocycles. The van der Waals surface area contributed by atoms with Gasteiger partial charge in [-0.25, -0.2) is 8.42 Å². The SMILES string of the molecule is CC(C)CCN(CC(=O)Nc1ccc2c(c1)OCCCO2)S(=O)(=O)c1ccc2c(c1)OCCO2. The van der Waals surface area contributed by atoms with Crippen LogP contribution in [0.2, 0.25) is 0 Å². The van der Waals surface area contributed by atoms with E-state index < -0.39 is 15.9 Å². The fourth-order valence-corrected chi connectivity index (χ4v) is 5.05. The summed E-state index contributed by atoms with van der Waals surface area (Å²) < 4.78 is 50.4. The van der Waals surface area contributed by atoms with Crippen LogP contribution in [0.25, 0.3) is 0 Å². The zero-order valence-electron chi connectivity index (χ0n) is 19.4. The first-order chi connectivity index (χ1) is 16.3. The second-order valence-corrected chi connectivity index (χ2v) is 10.5. The highest BCUT2D eigenvalue weighted by Crippen LogP contribution is 2.34. The average molecular weight is 491 g/mol. The Bertz CT molecular complexity index is 1130. The Labute approximate surface area is 200 Å². The molecule has 0 saturated heterocycles. The van der Waals surface area contributed by atoms with Crippen molar-refractivity contribution in [2.45, 2.75) is 31.6 Å². The van der Waals surface area contributed by atoms with E-state index in [0.717, 1.165) is 6.42 Å². The molecule has 0 bridgehead atoms. The van der Waals surface area contributed by atoms with Gasteiger partial charge in [0.05, 0.1) is 24.7 Å². The lowest BCUT2D eigenvalue weighted by molar-refractivity contribution is -0.116. The summed E-state index contributed by atoms with van der Waals surface area (Å²) >= 11 is 0. The Kier molecular flexibility index (Phi) is 7.47. The number of carbonyl (C=O) groups is 1. The summed E-state index contributed by atoms with van der Waals surface area (Å²) in [6, 6.07) is 9.64. The summed E-state index contributed by atoms with van der Waals surface area (Å²) in [4.78, 5) is 12.9. The topological polar surface area (TPSA) is 103 Å². The molecular weight excluding hydrogens is 460 g/mol. The standard InChI is InChI=1S/C24H30N2O7S/c1-17(2)8-9-26(34(28,29)19-5-7-21-23(15-19)33-13-12-32-21)16-24(27)25-18-4-6-20-22(14-18)31-11-3-10-30-20/h4-7,14-15,17H,3,8-13,16H2,1-2H3,(H,25,27). The lowest BCUT2D eigenvalue weighted by Gasteiger charge is -2.24. The Morgan fingerprint density at radius 2 is 1.53 bits per heavy atom. The monoisotopic (exact) mass is 490 g/mol. The number of rotatable bonds is 8. The molecule has 0 spiro atoms. The molecule has 0 aliphatic carbocycles. The molecule has 0 unspecified atom stereocenters. The zero-order chi connectivity index (χ0) is 24.1. The normalized spacial score (nSPS) is 15.2. The highest BCUT2D eigenvalue weighted by atomic mass is 32.2. The quantitative estimate of drug-likeness (QED) is 0.606. The Morgan fingerprint density at radius 3 is 2.26 bits per heavy atom. The van der Waals surface area contributed by atoms with Crippen LogP contribution in [0.3, 0.4) is 0 Å². The van der Waals surface area contributed by atoms with Gasteiger partial charge < -0.3 is 24.3 Å². The van der Waals surface area contributed by atoms with E-state index in [1.807, 2.05) is 13.8 Å². The number of amides is 1. The number of sulfonamides is 1. The van der Waals surface area contributed by atoms with E-state index in [-0.39, 0.29) is 23.9 Å². The van der Waals surface area contributed by atoms with Crippen LogP contribution in [-0.2, 0) is 14.8 Å². The maximum Gasteiger partial charge on any atom is 0.243 e. The van der Waals surface area contributed by atoms with Crippen LogP contribution in [-0.4, -0.2) is 58.1 Å². The van der Waals surface area contributed by atoms with E-state index in [9.17, 15) is 13.2 Å². The molecule has 2 aromatic rings. The van der Waals surface area contributed by atoms with Crippen molar-refractivity contribution < 1.29 is 32.2 Å². The van der Waals surface area contributed by atoms with Crippen LogP contribution >= 0.6 is 0 Å². The minimum Gasteiger partial charge on any atom is -0.490 e. The van der Waals surface area contributed by atoms with Crippen molar-refractivity contribution in [2.75, 3.05) is 44.8 Å². The zero-order valence-corrected chi connectivity index (χ0v) is 20.2. The summed E-state index contributed by atoms with van der Waals surface area (Å²) in [6.45, 7) is 5.77. The molecule has 0 atom stereocenters. The van der Waals surface area contributed by atoms with E-state index in [4.69, 9.17) is 18.9 Å². The van der Waals surface area contributed by atoms with Gasteiger partial charge in [-0.1, -0.05) is 13.8 Å². The van der Waals surface area contributed by atoms with Crippen molar-refractivity contribution in [3.05, 3.63) is 36.4 Å². The Morgan fingerprint density at radius 1 is 0.912 bits per heavy atom. The second kappa shape index (κ2) is 10.5. The minimum absolute atomic E-state index is 0.0592. The molecule has 2 aliphatic rings. The molecule has 10 heteroatoms. The van der Waals surface area contributed by atoms with Gasteiger partial charge in [0.2, 0.25) is 15.9 Å². The number of ether oxygens (including phenoxy) is 4. The summed E-state index contributed by atoms with van der Waals surface area (Å²) in [6.07, 6.45) is 1.39. The Balaban J connectivity index is 1.51. The molecule has 1 amide bonds. The number of nitrogens with zero attached hydrogens (tertiary/aromatic N) is 1. The fourth-order valence-electron chi connectivity index (χ4n) is 3.62. The van der Waals surface area contributed by atoms with Crippen LogP contribution in [0.5, 0.6) is 23.0 Å². The predicted octanol–water partition coefficient (Wildman–Crippen LogP) is 3.29. The smallest absolute Gasteiger partial charge is 0.243 e. The van der Waals surface area contributed by atoms with Crippen molar-refractivity contribution >= 4 is 21.6 Å². The third-order valence-corrected chi connectivity index (χ3v) is 7.30. The number of fused-ring (bicyclic) bond motifs is 2. The first-order valence-corrected chi connectivity index (χ1v) is 12.9. The van der Waals surface area contributed by atoms with Gasteiger partial charge in [0, 0.05) is 30.8 Å². The molecule has 0 saturated carbocycles. The summed E-state index contributed by atoms with van der Waals surface area (Å²) in [7, 11) is -3.94. The van der Waals surface area contributed by atoms with Gasteiger partial charge >= 0.3 is 0 Å². The highest BCUT2D eigenvalue weighted by molar-refractivity contribution is 7.89. The number of carbonyl (C=O) groups excluding carboxylic acids is 1. The minimum atomic E-state index is -3.94. The summed E-state index contributed by atoms with van der Waals surface area (Å²) in [5, 5.41) is 2.78. The molecule has 0 radical (unpaired) electrons. The number of benzene rings is 2.